The fraction of sp³-hybridized carbons (Fsp3) is 0.412. The number of aliphatic hydroxyl groups excluding tert-OH is 1. The van der Waals surface area contributed by atoms with E-state index in [-0.39, 0.29) is 6.10 Å². The second kappa shape index (κ2) is 7.12. The van der Waals surface area contributed by atoms with Crippen LogP contribution in [0, 0.1) is 0 Å². The summed E-state index contributed by atoms with van der Waals surface area (Å²) in [4.78, 5) is 2.42. The molecule has 0 atom stereocenters. The molecule has 3 heterocycles. The van der Waals surface area contributed by atoms with Crippen LogP contribution in [0.1, 0.15) is 18.4 Å². The molecule has 0 bridgehead atoms. The maximum Gasteiger partial charge on any atom is 0.200 e. The number of tetrazole rings is 1. The number of piperidine rings is 1. The van der Waals surface area contributed by atoms with Crippen LogP contribution < -0.4 is 5.32 Å². The van der Waals surface area contributed by atoms with Crippen molar-refractivity contribution in [3.63, 3.8) is 0 Å². The minimum Gasteiger partial charge on any atom is -0.393 e. The van der Waals surface area contributed by atoms with E-state index in [1.807, 2.05) is 12.1 Å². The van der Waals surface area contributed by atoms with Gasteiger partial charge in [-0.2, -0.15) is 0 Å². The number of benzene rings is 1. The molecule has 0 spiro atoms. The summed E-state index contributed by atoms with van der Waals surface area (Å²) < 4.78 is 1.40. The minimum absolute atomic E-state index is 0.109. The van der Waals surface area contributed by atoms with Crippen molar-refractivity contribution in [2.75, 3.05) is 25.0 Å². The van der Waals surface area contributed by atoms with Crippen molar-refractivity contribution in [2.24, 2.45) is 0 Å². The first-order chi connectivity index (χ1) is 12.3. The van der Waals surface area contributed by atoms with Gasteiger partial charge in [-0.3, -0.25) is 0 Å². The fourth-order valence-corrected chi connectivity index (χ4v) is 3.05. The molecule has 0 saturated carbocycles. The highest BCUT2D eigenvalue weighted by Gasteiger charge is 2.16. The Hall–Kier alpha value is -2.58. The molecule has 8 heteroatoms. The number of nitrogens with zero attached hydrogens (tertiary/aromatic N) is 6. The first-order valence-electron chi connectivity index (χ1n) is 8.58. The zero-order valence-corrected chi connectivity index (χ0v) is 13.9. The summed E-state index contributed by atoms with van der Waals surface area (Å²) in [5.74, 6) is 0.694. The van der Waals surface area contributed by atoms with E-state index in [0.717, 1.165) is 44.6 Å². The molecule has 1 fully saturated rings. The topological polar surface area (TPSA) is 91.5 Å². The van der Waals surface area contributed by atoms with Crippen LogP contribution in [0.4, 0.5) is 11.5 Å². The molecule has 25 heavy (non-hydrogen) atoms. The molecular formula is C17H21N7O. The van der Waals surface area contributed by atoms with Gasteiger partial charge in [-0.05, 0) is 59.5 Å². The summed E-state index contributed by atoms with van der Waals surface area (Å²) in [6.07, 6.45) is 2.69. The van der Waals surface area contributed by atoms with E-state index in [9.17, 15) is 5.11 Å². The van der Waals surface area contributed by atoms with Gasteiger partial charge in [0.25, 0.3) is 0 Å². The summed E-state index contributed by atoms with van der Waals surface area (Å²) in [6.45, 7) is 3.02. The number of hydrogen-bond donors (Lipinski definition) is 2. The van der Waals surface area contributed by atoms with Crippen molar-refractivity contribution in [3.05, 3.63) is 42.0 Å². The Morgan fingerprint density at radius 3 is 2.68 bits per heavy atom. The van der Waals surface area contributed by atoms with Crippen LogP contribution in [-0.4, -0.2) is 61.0 Å². The van der Waals surface area contributed by atoms with E-state index in [1.54, 1.807) is 0 Å². The van der Waals surface area contributed by atoms with Crippen molar-refractivity contribution in [2.45, 2.75) is 25.4 Å². The molecule has 1 aliphatic heterocycles. The highest BCUT2D eigenvalue weighted by atomic mass is 16.3. The predicted octanol–water partition coefficient (Wildman–Crippen LogP) is 1.26. The third kappa shape index (κ3) is 3.92. The molecule has 1 aliphatic rings. The molecule has 2 N–H and O–H groups in total. The van der Waals surface area contributed by atoms with Crippen LogP contribution in [0.15, 0.2) is 36.4 Å². The van der Waals surface area contributed by atoms with E-state index in [1.165, 1.54) is 10.2 Å². The van der Waals surface area contributed by atoms with E-state index in [2.05, 4.69) is 55.1 Å². The van der Waals surface area contributed by atoms with Gasteiger partial charge in [-0.25, -0.2) is 0 Å². The van der Waals surface area contributed by atoms with Crippen LogP contribution in [0.25, 0.3) is 5.65 Å². The van der Waals surface area contributed by atoms with Crippen LogP contribution in [0.2, 0.25) is 0 Å². The Morgan fingerprint density at radius 2 is 1.88 bits per heavy atom. The van der Waals surface area contributed by atoms with E-state index in [0.29, 0.717) is 11.5 Å². The van der Waals surface area contributed by atoms with Gasteiger partial charge >= 0.3 is 0 Å². The molecule has 1 saturated heterocycles. The Balaban J connectivity index is 1.33. The standard InChI is InChI=1S/C17H21N7O/c25-15-8-11-23(12-9-15)10-7-13-1-3-14(4-2-13)18-16-5-6-17-19-21-22-24(17)20-16/h1-6,15,25H,7-12H2,(H,18,20). The summed E-state index contributed by atoms with van der Waals surface area (Å²) in [7, 11) is 0. The number of likely N-dealkylation sites (tertiary alicyclic amines) is 1. The fourth-order valence-electron chi connectivity index (χ4n) is 3.05. The maximum absolute atomic E-state index is 9.56. The van der Waals surface area contributed by atoms with Crippen LogP contribution in [0.5, 0.6) is 0 Å². The lowest BCUT2D eigenvalue weighted by Gasteiger charge is -2.29. The summed E-state index contributed by atoms with van der Waals surface area (Å²) in [6, 6.07) is 12.1. The lowest BCUT2D eigenvalue weighted by molar-refractivity contribution is 0.0832. The average Bonchev–Trinajstić information content (AvgIpc) is 3.10. The van der Waals surface area contributed by atoms with Crippen LogP contribution in [-0.2, 0) is 6.42 Å². The van der Waals surface area contributed by atoms with E-state index in [4.69, 9.17) is 0 Å². The molecule has 0 amide bonds. The Kier molecular flexibility index (Phi) is 4.53. The highest BCUT2D eigenvalue weighted by Crippen LogP contribution is 2.16. The molecule has 0 radical (unpaired) electrons. The Labute approximate surface area is 145 Å². The van der Waals surface area contributed by atoms with E-state index >= 15 is 0 Å². The second-order valence-corrected chi connectivity index (χ2v) is 6.39. The molecular weight excluding hydrogens is 318 g/mol. The van der Waals surface area contributed by atoms with Gasteiger partial charge < -0.3 is 15.3 Å². The highest BCUT2D eigenvalue weighted by molar-refractivity contribution is 5.57. The number of rotatable bonds is 5. The van der Waals surface area contributed by atoms with Gasteiger partial charge in [0, 0.05) is 25.3 Å². The third-order valence-corrected chi connectivity index (χ3v) is 4.57. The number of aromatic nitrogens is 5. The SMILES string of the molecule is OC1CCN(CCc2ccc(Nc3ccc4nnnn4n3)cc2)CC1. The van der Waals surface area contributed by atoms with Gasteiger partial charge in [0.15, 0.2) is 11.5 Å². The summed E-state index contributed by atoms with van der Waals surface area (Å²) in [5.41, 5.74) is 2.90. The zero-order chi connectivity index (χ0) is 17.1. The number of fused-ring (bicyclic) bond motifs is 1. The maximum atomic E-state index is 9.56. The van der Waals surface area contributed by atoms with Gasteiger partial charge in [-0.15, -0.1) is 14.8 Å². The van der Waals surface area contributed by atoms with Crippen LogP contribution >= 0.6 is 0 Å². The normalized spacial score (nSPS) is 16.4. The number of anilines is 2. The first-order valence-corrected chi connectivity index (χ1v) is 8.58. The lowest BCUT2D eigenvalue weighted by atomic mass is 10.1. The number of nitrogens with one attached hydrogen (secondary N) is 1. The minimum atomic E-state index is -0.109. The smallest absolute Gasteiger partial charge is 0.200 e. The molecule has 3 aromatic rings. The summed E-state index contributed by atoms with van der Waals surface area (Å²) in [5, 5.41) is 28.3. The number of aliphatic hydroxyl groups is 1. The van der Waals surface area contributed by atoms with E-state index < -0.39 is 0 Å². The van der Waals surface area contributed by atoms with Crippen molar-refractivity contribution >= 4 is 17.2 Å². The Bertz CT molecular complexity index is 824. The monoisotopic (exact) mass is 339 g/mol. The molecule has 0 aliphatic carbocycles. The molecule has 4 rings (SSSR count). The van der Waals surface area contributed by atoms with Gasteiger partial charge in [0.2, 0.25) is 0 Å². The molecule has 1 aromatic carbocycles. The zero-order valence-electron chi connectivity index (χ0n) is 13.9. The van der Waals surface area contributed by atoms with Gasteiger partial charge in [0.1, 0.15) is 0 Å². The number of hydrogen-bond acceptors (Lipinski definition) is 7. The molecule has 0 unspecified atom stereocenters. The average molecular weight is 339 g/mol. The van der Waals surface area contributed by atoms with Crippen molar-refractivity contribution in [1.29, 1.82) is 0 Å². The molecule has 2 aromatic heterocycles. The predicted molar refractivity (Wildman–Crippen MR) is 93.7 cm³/mol. The van der Waals surface area contributed by atoms with Crippen molar-refractivity contribution in [3.8, 4) is 0 Å². The lowest BCUT2D eigenvalue weighted by Crippen LogP contribution is -2.37. The third-order valence-electron chi connectivity index (χ3n) is 4.57. The Morgan fingerprint density at radius 1 is 1.08 bits per heavy atom. The van der Waals surface area contributed by atoms with Gasteiger partial charge in [0.05, 0.1) is 6.10 Å². The largest absolute Gasteiger partial charge is 0.393 e. The quantitative estimate of drug-likeness (QED) is 0.723. The van der Waals surface area contributed by atoms with Gasteiger partial charge in [-0.1, -0.05) is 12.1 Å². The van der Waals surface area contributed by atoms with Crippen molar-refractivity contribution in [1.82, 2.24) is 30.2 Å². The first kappa shape index (κ1) is 15.9. The second-order valence-electron chi connectivity index (χ2n) is 6.39. The summed E-state index contributed by atoms with van der Waals surface area (Å²) >= 11 is 0. The van der Waals surface area contributed by atoms with Crippen LogP contribution in [0.3, 0.4) is 0 Å². The van der Waals surface area contributed by atoms with Crippen molar-refractivity contribution < 1.29 is 5.11 Å². The molecule has 8 nitrogen and oxygen atoms in total. The molecule has 130 valence electrons.